The van der Waals surface area contributed by atoms with Gasteiger partial charge in [-0.15, -0.1) is 10.2 Å². The van der Waals surface area contributed by atoms with Gasteiger partial charge in [-0.2, -0.15) is 0 Å². The van der Waals surface area contributed by atoms with Crippen molar-refractivity contribution < 1.29 is 9.53 Å². The number of hydrogen-bond acceptors (Lipinski definition) is 6. The van der Waals surface area contributed by atoms with Gasteiger partial charge < -0.3 is 4.74 Å². The molecule has 0 aliphatic rings. The Labute approximate surface area is 137 Å². The summed E-state index contributed by atoms with van der Waals surface area (Å²) in [5.74, 6) is -0.235. The molecule has 1 aromatic carbocycles. The van der Waals surface area contributed by atoms with E-state index in [-0.39, 0.29) is 5.91 Å². The largest absolute Gasteiger partial charge is 0.380 e. The molecular weight excluding hydrogens is 312 g/mol. The van der Waals surface area contributed by atoms with Crippen LogP contribution in [0.2, 0.25) is 0 Å². The first-order valence-electron chi connectivity index (χ1n) is 6.91. The first kappa shape index (κ1) is 15.3. The Kier molecular flexibility index (Phi) is 4.70. The van der Waals surface area contributed by atoms with Crippen molar-refractivity contribution in [3.63, 3.8) is 0 Å². The molecule has 2 heterocycles. The molecule has 3 aromatic rings. The van der Waals surface area contributed by atoms with Gasteiger partial charge in [-0.1, -0.05) is 35.6 Å². The highest BCUT2D eigenvalue weighted by molar-refractivity contribution is 7.18. The molecule has 1 N–H and O–H groups in total. The fourth-order valence-electron chi connectivity index (χ4n) is 2.05. The minimum atomic E-state index is -0.235. The Bertz CT molecular complexity index is 805. The molecule has 6 nitrogen and oxygen atoms in total. The number of anilines is 1. The number of carbonyl (C=O) groups excluding carboxylic acids is 1. The van der Waals surface area contributed by atoms with Crippen molar-refractivity contribution in [3.05, 3.63) is 59.8 Å². The van der Waals surface area contributed by atoms with Crippen molar-refractivity contribution in [1.82, 2.24) is 15.2 Å². The zero-order valence-electron chi connectivity index (χ0n) is 12.4. The average molecular weight is 326 g/mol. The fraction of sp³-hybridized carbons (Fsp3) is 0.125. The molecule has 7 heteroatoms. The molecule has 0 unspecified atom stereocenters. The summed E-state index contributed by atoms with van der Waals surface area (Å²) in [5.41, 5.74) is 2.11. The van der Waals surface area contributed by atoms with E-state index in [1.54, 1.807) is 19.4 Å². The van der Waals surface area contributed by atoms with Gasteiger partial charge >= 0.3 is 0 Å². The third-order valence-electron chi connectivity index (χ3n) is 3.09. The lowest BCUT2D eigenvalue weighted by Gasteiger charge is -2.07. The molecule has 23 heavy (non-hydrogen) atoms. The van der Waals surface area contributed by atoms with E-state index in [2.05, 4.69) is 20.5 Å². The monoisotopic (exact) mass is 326 g/mol. The van der Waals surface area contributed by atoms with Crippen molar-refractivity contribution in [2.45, 2.75) is 6.61 Å². The number of rotatable bonds is 5. The Hall–Kier alpha value is -2.64. The van der Waals surface area contributed by atoms with Crippen LogP contribution in [0.4, 0.5) is 5.13 Å². The lowest BCUT2D eigenvalue weighted by Crippen LogP contribution is -2.14. The predicted octanol–water partition coefficient (Wildman–Crippen LogP) is 3.00. The van der Waals surface area contributed by atoms with Crippen LogP contribution in [0, 0.1) is 0 Å². The van der Waals surface area contributed by atoms with Crippen LogP contribution in [-0.4, -0.2) is 28.2 Å². The Morgan fingerprint density at radius 3 is 2.78 bits per heavy atom. The van der Waals surface area contributed by atoms with Gasteiger partial charge in [0.15, 0.2) is 5.01 Å². The molecule has 3 rings (SSSR count). The minimum absolute atomic E-state index is 0.235. The van der Waals surface area contributed by atoms with E-state index in [4.69, 9.17) is 4.74 Å². The Morgan fingerprint density at radius 1 is 1.17 bits per heavy atom. The summed E-state index contributed by atoms with van der Waals surface area (Å²) < 4.78 is 5.12. The number of aromatic nitrogens is 3. The summed E-state index contributed by atoms with van der Waals surface area (Å²) in [6.07, 6.45) is 1.69. The Balaban J connectivity index is 1.78. The fourth-order valence-corrected chi connectivity index (χ4v) is 2.77. The number of ether oxygens (including phenoxy) is 1. The van der Waals surface area contributed by atoms with E-state index in [0.717, 1.165) is 11.3 Å². The van der Waals surface area contributed by atoms with Gasteiger partial charge in [0.2, 0.25) is 5.13 Å². The molecular formula is C16H14N4O2S. The van der Waals surface area contributed by atoms with Gasteiger partial charge in [-0.25, -0.2) is 0 Å². The van der Waals surface area contributed by atoms with E-state index in [1.807, 2.05) is 36.4 Å². The number of nitrogens with one attached hydrogen (secondary N) is 1. The van der Waals surface area contributed by atoms with Gasteiger partial charge in [0.05, 0.1) is 6.61 Å². The maximum atomic E-state index is 12.4. The number of benzene rings is 1. The summed E-state index contributed by atoms with van der Waals surface area (Å²) >= 11 is 1.28. The first-order chi connectivity index (χ1) is 11.3. The van der Waals surface area contributed by atoms with Gasteiger partial charge in [-0.3, -0.25) is 15.1 Å². The smallest absolute Gasteiger partial charge is 0.257 e. The number of hydrogen-bond donors (Lipinski definition) is 1. The zero-order valence-corrected chi connectivity index (χ0v) is 13.2. The van der Waals surface area contributed by atoms with Crippen LogP contribution in [0.1, 0.15) is 15.9 Å². The maximum absolute atomic E-state index is 12.4. The summed E-state index contributed by atoms with van der Waals surface area (Å²) in [6, 6.07) is 12.9. The zero-order chi connectivity index (χ0) is 16.1. The van der Waals surface area contributed by atoms with Gasteiger partial charge in [0.25, 0.3) is 5.91 Å². The molecule has 0 atom stereocenters. The normalized spacial score (nSPS) is 10.5. The number of amides is 1. The van der Waals surface area contributed by atoms with Crippen LogP contribution < -0.4 is 5.32 Å². The molecule has 0 fully saturated rings. The molecule has 2 aromatic heterocycles. The summed E-state index contributed by atoms with van der Waals surface area (Å²) in [6.45, 7) is 0.374. The van der Waals surface area contributed by atoms with E-state index in [9.17, 15) is 4.79 Å². The topological polar surface area (TPSA) is 77.0 Å². The predicted molar refractivity (Wildman–Crippen MR) is 88.2 cm³/mol. The van der Waals surface area contributed by atoms with Crippen LogP contribution in [0.15, 0.2) is 48.7 Å². The van der Waals surface area contributed by atoms with E-state index >= 15 is 0 Å². The molecule has 0 bridgehead atoms. The highest BCUT2D eigenvalue weighted by Crippen LogP contribution is 2.25. The minimum Gasteiger partial charge on any atom is -0.380 e. The molecule has 0 saturated heterocycles. The van der Waals surface area contributed by atoms with Crippen molar-refractivity contribution in [2.24, 2.45) is 0 Å². The van der Waals surface area contributed by atoms with Crippen molar-refractivity contribution in [2.75, 3.05) is 12.4 Å². The molecule has 0 aliphatic carbocycles. The highest BCUT2D eigenvalue weighted by Gasteiger charge is 2.14. The van der Waals surface area contributed by atoms with E-state index in [0.29, 0.717) is 22.3 Å². The lowest BCUT2D eigenvalue weighted by atomic mass is 10.1. The summed E-state index contributed by atoms with van der Waals surface area (Å²) in [5, 5.41) is 11.9. The highest BCUT2D eigenvalue weighted by atomic mass is 32.1. The molecule has 116 valence electrons. The second-order valence-electron chi connectivity index (χ2n) is 4.67. The SMILES string of the molecule is COCc1ccccc1C(=O)Nc1nnc(-c2ccccn2)s1. The Morgan fingerprint density at radius 2 is 2.00 bits per heavy atom. The summed E-state index contributed by atoms with van der Waals surface area (Å²) in [4.78, 5) is 16.6. The third-order valence-corrected chi connectivity index (χ3v) is 3.95. The standard InChI is InChI=1S/C16H14N4O2S/c1-22-10-11-6-2-3-7-12(11)14(21)18-16-20-19-15(23-16)13-8-4-5-9-17-13/h2-9H,10H2,1H3,(H,18,20,21). The number of pyridine rings is 1. The molecule has 0 saturated carbocycles. The van der Waals surface area contributed by atoms with Crippen LogP contribution in [0.3, 0.4) is 0 Å². The van der Waals surface area contributed by atoms with Gasteiger partial charge in [0, 0.05) is 18.9 Å². The third kappa shape index (κ3) is 3.58. The second-order valence-corrected chi connectivity index (χ2v) is 5.65. The average Bonchev–Trinajstić information content (AvgIpc) is 3.05. The van der Waals surface area contributed by atoms with Crippen molar-refractivity contribution >= 4 is 22.4 Å². The molecule has 0 spiro atoms. The first-order valence-corrected chi connectivity index (χ1v) is 7.72. The van der Waals surface area contributed by atoms with E-state index in [1.165, 1.54) is 11.3 Å². The quantitative estimate of drug-likeness (QED) is 0.780. The molecule has 0 aliphatic heterocycles. The number of nitrogens with zero attached hydrogens (tertiary/aromatic N) is 3. The van der Waals surface area contributed by atoms with Crippen LogP contribution in [-0.2, 0) is 11.3 Å². The van der Waals surface area contributed by atoms with Crippen LogP contribution in [0.25, 0.3) is 10.7 Å². The summed E-state index contributed by atoms with van der Waals surface area (Å²) in [7, 11) is 1.60. The number of carbonyl (C=O) groups is 1. The van der Waals surface area contributed by atoms with Gasteiger partial charge in [-0.05, 0) is 23.8 Å². The molecule has 1 amide bonds. The lowest BCUT2D eigenvalue weighted by molar-refractivity contribution is 0.102. The van der Waals surface area contributed by atoms with Crippen molar-refractivity contribution in [1.29, 1.82) is 0 Å². The molecule has 0 radical (unpaired) electrons. The van der Waals surface area contributed by atoms with Gasteiger partial charge in [0.1, 0.15) is 5.69 Å². The maximum Gasteiger partial charge on any atom is 0.257 e. The van der Waals surface area contributed by atoms with Crippen molar-refractivity contribution in [3.8, 4) is 10.7 Å². The van der Waals surface area contributed by atoms with Crippen LogP contribution >= 0.6 is 11.3 Å². The van der Waals surface area contributed by atoms with E-state index < -0.39 is 0 Å². The van der Waals surface area contributed by atoms with Crippen LogP contribution in [0.5, 0.6) is 0 Å². The second kappa shape index (κ2) is 7.08. The number of methoxy groups -OCH3 is 1.